The summed E-state index contributed by atoms with van der Waals surface area (Å²) < 4.78 is 42.6. The highest BCUT2D eigenvalue weighted by atomic mass is 32.2. The van der Waals surface area contributed by atoms with Crippen LogP contribution in [0.2, 0.25) is 0 Å². The zero-order valence-corrected chi connectivity index (χ0v) is 19.7. The molecule has 4 rings (SSSR count). The smallest absolute Gasteiger partial charge is 0.233 e. The molecule has 0 saturated carbocycles. The van der Waals surface area contributed by atoms with Gasteiger partial charge in [-0.05, 0) is 17.7 Å². The van der Waals surface area contributed by atoms with Crippen LogP contribution in [0.1, 0.15) is 5.56 Å². The van der Waals surface area contributed by atoms with E-state index in [2.05, 4.69) is 10.2 Å². The van der Waals surface area contributed by atoms with Gasteiger partial charge in [0.05, 0.1) is 17.1 Å². The number of sulfonamides is 1. The Labute approximate surface area is 196 Å². The molecule has 0 atom stereocenters. The van der Waals surface area contributed by atoms with Gasteiger partial charge in [-0.3, -0.25) is 4.79 Å². The summed E-state index contributed by atoms with van der Waals surface area (Å²) in [5, 5.41) is 8.65. The van der Waals surface area contributed by atoms with Crippen LogP contribution in [-0.4, -0.2) is 70.2 Å². The van der Waals surface area contributed by atoms with E-state index in [0.717, 1.165) is 5.56 Å². The van der Waals surface area contributed by atoms with E-state index in [1.54, 1.807) is 46.8 Å². The van der Waals surface area contributed by atoms with Crippen molar-refractivity contribution in [2.75, 3.05) is 31.9 Å². The molecule has 1 aliphatic rings. The van der Waals surface area contributed by atoms with Crippen molar-refractivity contribution in [3.05, 3.63) is 66.0 Å². The topological polar surface area (TPSA) is 88.4 Å². The fraction of sp³-hybridized carbons (Fsp3) is 0.318. The molecule has 0 N–H and O–H groups in total. The van der Waals surface area contributed by atoms with E-state index < -0.39 is 10.0 Å². The Morgan fingerprint density at radius 3 is 2.36 bits per heavy atom. The van der Waals surface area contributed by atoms with Crippen LogP contribution >= 0.6 is 11.8 Å². The van der Waals surface area contributed by atoms with E-state index in [0.29, 0.717) is 29.6 Å². The Morgan fingerprint density at radius 1 is 1.00 bits per heavy atom. The Balaban J connectivity index is 1.31. The lowest BCUT2D eigenvalue weighted by molar-refractivity contribution is -0.129. The zero-order chi connectivity index (χ0) is 23.4. The molecule has 1 aromatic heterocycles. The molecule has 11 heteroatoms. The van der Waals surface area contributed by atoms with Crippen LogP contribution in [0, 0.1) is 5.82 Å². The standard InChI is InChI=1S/C22H24FN5O3S2/c1-26-21(18-9-5-6-10-19(18)23)24-25-22(26)32-15-20(29)27-11-13-28(14-12-27)33(30,31)16-17-7-3-2-4-8-17/h2-10H,11-16H2,1H3. The maximum Gasteiger partial charge on any atom is 0.233 e. The molecular weight excluding hydrogens is 465 g/mol. The lowest BCUT2D eigenvalue weighted by Gasteiger charge is -2.34. The van der Waals surface area contributed by atoms with E-state index in [1.807, 2.05) is 18.2 Å². The molecule has 1 fully saturated rings. The first kappa shape index (κ1) is 23.4. The molecule has 174 valence electrons. The highest BCUT2D eigenvalue weighted by Gasteiger charge is 2.29. The third-order valence-electron chi connectivity index (χ3n) is 5.45. The van der Waals surface area contributed by atoms with Gasteiger partial charge in [0.2, 0.25) is 15.9 Å². The van der Waals surface area contributed by atoms with Gasteiger partial charge in [0.15, 0.2) is 11.0 Å². The second-order valence-corrected chi connectivity index (χ2v) is 10.6. The Kier molecular flexibility index (Phi) is 7.11. The third-order valence-corrected chi connectivity index (χ3v) is 8.31. The van der Waals surface area contributed by atoms with Crippen LogP contribution in [0.15, 0.2) is 59.8 Å². The van der Waals surface area contributed by atoms with Crippen molar-refractivity contribution in [3.63, 3.8) is 0 Å². The molecular formula is C22H24FN5O3S2. The van der Waals surface area contributed by atoms with Crippen LogP contribution in [0.4, 0.5) is 4.39 Å². The highest BCUT2D eigenvalue weighted by molar-refractivity contribution is 7.99. The number of halogens is 1. The summed E-state index contributed by atoms with van der Waals surface area (Å²) in [6.45, 7) is 1.22. The first-order valence-electron chi connectivity index (χ1n) is 10.4. The molecule has 1 saturated heterocycles. The predicted octanol–water partition coefficient (Wildman–Crippen LogP) is 2.39. The third kappa shape index (κ3) is 5.43. The van der Waals surface area contributed by atoms with Crippen LogP contribution in [0.5, 0.6) is 0 Å². The summed E-state index contributed by atoms with van der Waals surface area (Å²) in [6, 6.07) is 15.4. The second kappa shape index (κ2) is 10.0. The average Bonchev–Trinajstić information content (AvgIpc) is 3.18. The number of nitrogens with zero attached hydrogens (tertiary/aromatic N) is 5. The van der Waals surface area contributed by atoms with E-state index in [9.17, 15) is 17.6 Å². The van der Waals surface area contributed by atoms with Crippen molar-refractivity contribution < 1.29 is 17.6 Å². The molecule has 0 unspecified atom stereocenters. The largest absolute Gasteiger partial charge is 0.339 e. The molecule has 2 aromatic carbocycles. The molecule has 1 amide bonds. The van der Waals surface area contributed by atoms with Crippen molar-refractivity contribution >= 4 is 27.7 Å². The minimum atomic E-state index is -3.44. The molecule has 2 heterocycles. The van der Waals surface area contributed by atoms with Gasteiger partial charge < -0.3 is 9.47 Å². The van der Waals surface area contributed by atoms with Crippen LogP contribution in [0.3, 0.4) is 0 Å². The van der Waals surface area contributed by atoms with Crippen molar-refractivity contribution in [3.8, 4) is 11.4 Å². The Hall–Kier alpha value is -2.76. The minimum absolute atomic E-state index is 0.0475. The maximum absolute atomic E-state index is 14.1. The van der Waals surface area contributed by atoms with E-state index in [4.69, 9.17) is 0 Å². The average molecular weight is 490 g/mol. The lowest BCUT2D eigenvalue weighted by atomic mass is 10.2. The number of piperazine rings is 1. The molecule has 0 spiro atoms. The molecule has 0 radical (unpaired) electrons. The van der Waals surface area contributed by atoms with Crippen LogP contribution < -0.4 is 0 Å². The van der Waals surface area contributed by atoms with Gasteiger partial charge in [-0.1, -0.05) is 54.2 Å². The van der Waals surface area contributed by atoms with Crippen LogP contribution in [-0.2, 0) is 27.6 Å². The van der Waals surface area contributed by atoms with Gasteiger partial charge in [0, 0.05) is 33.2 Å². The summed E-state index contributed by atoms with van der Waals surface area (Å²) in [4.78, 5) is 14.3. The quantitative estimate of drug-likeness (QED) is 0.474. The molecule has 3 aromatic rings. The van der Waals surface area contributed by atoms with E-state index in [-0.39, 0.29) is 36.3 Å². The summed E-state index contributed by atoms with van der Waals surface area (Å²) in [7, 11) is -1.71. The Morgan fingerprint density at radius 2 is 1.67 bits per heavy atom. The number of benzene rings is 2. The van der Waals surface area contributed by atoms with E-state index >= 15 is 0 Å². The van der Waals surface area contributed by atoms with Gasteiger partial charge >= 0.3 is 0 Å². The molecule has 0 bridgehead atoms. The molecule has 0 aliphatic carbocycles. The first-order valence-corrected chi connectivity index (χ1v) is 13.0. The second-order valence-electron chi connectivity index (χ2n) is 7.66. The zero-order valence-electron chi connectivity index (χ0n) is 18.1. The van der Waals surface area contributed by atoms with Gasteiger partial charge in [0.1, 0.15) is 5.82 Å². The summed E-state index contributed by atoms with van der Waals surface area (Å²) in [6.07, 6.45) is 0. The van der Waals surface area contributed by atoms with Crippen molar-refractivity contribution in [1.82, 2.24) is 24.0 Å². The van der Waals surface area contributed by atoms with Gasteiger partial charge in [-0.15, -0.1) is 10.2 Å². The van der Waals surface area contributed by atoms with Crippen molar-refractivity contribution in [2.24, 2.45) is 7.05 Å². The minimum Gasteiger partial charge on any atom is -0.339 e. The van der Waals surface area contributed by atoms with Crippen molar-refractivity contribution in [1.29, 1.82) is 0 Å². The molecule has 1 aliphatic heterocycles. The molecule has 33 heavy (non-hydrogen) atoms. The number of aromatic nitrogens is 3. The first-order chi connectivity index (χ1) is 15.8. The summed E-state index contributed by atoms with van der Waals surface area (Å²) in [5.41, 5.74) is 1.09. The lowest BCUT2D eigenvalue weighted by Crippen LogP contribution is -2.51. The van der Waals surface area contributed by atoms with E-state index in [1.165, 1.54) is 22.1 Å². The number of thioether (sulfide) groups is 1. The number of carbonyl (C=O) groups is 1. The van der Waals surface area contributed by atoms with Gasteiger partial charge in [0.25, 0.3) is 0 Å². The summed E-state index contributed by atoms with van der Waals surface area (Å²) in [5.74, 6) is -0.00900. The molecule has 8 nitrogen and oxygen atoms in total. The monoisotopic (exact) mass is 489 g/mol. The SMILES string of the molecule is Cn1c(SCC(=O)N2CCN(S(=O)(=O)Cc3ccccc3)CC2)nnc1-c1ccccc1F. The predicted molar refractivity (Wildman–Crippen MR) is 124 cm³/mol. The van der Waals surface area contributed by atoms with Crippen LogP contribution in [0.25, 0.3) is 11.4 Å². The number of amides is 1. The normalized spacial score (nSPS) is 15.0. The maximum atomic E-state index is 14.1. The van der Waals surface area contributed by atoms with Gasteiger partial charge in [-0.25, -0.2) is 12.8 Å². The number of rotatable bonds is 7. The Bertz CT molecular complexity index is 1230. The highest BCUT2D eigenvalue weighted by Crippen LogP contribution is 2.25. The fourth-order valence-electron chi connectivity index (χ4n) is 3.63. The number of hydrogen-bond donors (Lipinski definition) is 0. The number of carbonyl (C=O) groups excluding carboxylic acids is 1. The van der Waals surface area contributed by atoms with Crippen molar-refractivity contribution in [2.45, 2.75) is 10.9 Å². The van der Waals surface area contributed by atoms with Gasteiger partial charge in [-0.2, -0.15) is 4.31 Å². The number of hydrogen-bond acceptors (Lipinski definition) is 6. The summed E-state index contributed by atoms with van der Waals surface area (Å²) >= 11 is 1.22. The fourth-order valence-corrected chi connectivity index (χ4v) is 5.96.